The van der Waals surface area contributed by atoms with Gasteiger partial charge in [0.25, 0.3) is 5.91 Å². The molecule has 0 radical (unpaired) electrons. The van der Waals surface area contributed by atoms with Crippen molar-refractivity contribution in [3.05, 3.63) is 29.8 Å². The van der Waals surface area contributed by atoms with E-state index in [0.29, 0.717) is 17.2 Å². The van der Waals surface area contributed by atoms with Gasteiger partial charge in [0.1, 0.15) is 0 Å². The summed E-state index contributed by atoms with van der Waals surface area (Å²) in [5, 5.41) is 11.3. The van der Waals surface area contributed by atoms with Crippen LogP contribution in [0.4, 0.5) is 10.5 Å². The summed E-state index contributed by atoms with van der Waals surface area (Å²) >= 11 is 0. The molecule has 3 amide bonds. The molecule has 1 aromatic rings. The minimum atomic E-state index is -0.949. The summed E-state index contributed by atoms with van der Waals surface area (Å²) in [6, 6.07) is 6.39. The normalized spacial score (nSPS) is 14.9. The molecule has 0 saturated carbocycles. The number of rotatable bonds is 5. The highest BCUT2D eigenvalue weighted by atomic mass is 16.4. The predicted octanol–water partition coefficient (Wildman–Crippen LogP) is 2.50. The summed E-state index contributed by atoms with van der Waals surface area (Å²) in [7, 11) is 1.54. The topological polar surface area (TPSA) is 90.0 Å². The van der Waals surface area contributed by atoms with Gasteiger partial charge in [0, 0.05) is 37.9 Å². The second kappa shape index (κ2) is 8.50. The molecule has 2 N–H and O–H groups in total. The van der Waals surface area contributed by atoms with Crippen LogP contribution in [0.2, 0.25) is 0 Å². The van der Waals surface area contributed by atoms with E-state index in [1.54, 1.807) is 24.3 Å². The van der Waals surface area contributed by atoms with Gasteiger partial charge in [-0.25, -0.2) is 4.79 Å². The van der Waals surface area contributed by atoms with Crippen LogP contribution in [0.3, 0.4) is 0 Å². The van der Waals surface area contributed by atoms with Crippen LogP contribution >= 0.6 is 0 Å². The second-order valence-corrected chi connectivity index (χ2v) is 6.55. The quantitative estimate of drug-likeness (QED) is 0.856. The molecular weight excluding hydrogens is 322 g/mol. The van der Waals surface area contributed by atoms with Crippen molar-refractivity contribution in [2.45, 2.75) is 26.2 Å². The molecule has 1 fully saturated rings. The number of amides is 3. The zero-order valence-corrected chi connectivity index (χ0v) is 14.7. The van der Waals surface area contributed by atoms with E-state index in [2.05, 4.69) is 12.2 Å². The zero-order chi connectivity index (χ0) is 18.4. The van der Waals surface area contributed by atoms with E-state index in [1.807, 2.05) is 4.90 Å². The average Bonchev–Trinajstić information content (AvgIpc) is 2.60. The Balaban J connectivity index is 1.89. The molecule has 0 aliphatic carbocycles. The first kappa shape index (κ1) is 18.8. The SMILES string of the molecule is CC1CCN(C(=O)c2ccc(NC(=O)N(C)CCC(=O)O)cc2)CC1. The lowest BCUT2D eigenvalue weighted by molar-refractivity contribution is -0.137. The number of aliphatic carboxylic acids is 1. The maximum atomic E-state index is 12.5. The molecule has 7 nitrogen and oxygen atoms in total. The van der Waals surface area contributed by atoms with Crippen LogP contribution in [-0.4, -0.2) is 59.5 Å². The summed E-state index contributed by atoms with van der Waals surface area (Å²) < 4.78 is 0. The highest BCUT2D eigenvalue weighted by Gasteiger charge is 2.21. The number of nitrogens with zero attached hydrogens (tertiary/aromatic N) is 2. The van der Waals surface area contributed by atoms with Crippen molar-refractivity contribution in [1.82, 2.24) is 9.80 Å². The fourth-order valence-electron chi connectivity index (χ4n) is 2.67. The Kier molecular flexibility index (Phi) is 6.38. The van der Waals surface area contributed by atoms with Gasteiger partial charge in [0.05, 0.1) is 6.42 Å². The van der Waals surface area contributed by atoms with E-state index in [9.17, 15) is 14.4 Å². The van der Waals surface area contributed by atoms with Gasteiger partial charge in [-0.3, -0.25) is 9.59 Å². The number of carbonyl (C=O) groups excluding carboxylic acids is 2. The lowest BCUT2D eigenvalue weighted by Crippen LogP contribution is -2.37. The molecule has 0 spiro atoms. The first-order valence-electron chi connectivity index (χ1n) is 8.50. The monoisotopic (exact) mass is 347 g/mol. The van der Waals surface area contributed by atoms with Crippen molar-refractivity contribution in [1.29, 1.82) is 0 Å². The molecule has 136 valence electrons. The molecule has 1 aliphatic heterocycles. The Morgan fingerprint density at radius 3 is 2.36 bits per heavy atom. The molecule has 0 aromatic heterocycles. The van der Waals surface area contributed by atoms with E-state index in [-0.39, 0.29) is 24.9 Å². The lowest BCUT2D eigenvalue weighted by atomic mass is 9.98. The Morgan fingerprint density at radius 1 is 1.20 bits per heavy atom. The number of hydrogen-bond donors (Lipinski definition) is 2. The second-order valence-electron chi connectivity index (χ2n) is 6.55. The standard InChI is InChI=1S/C18H25N3O4/c1-13-7-11-21(12-8-13)17(24)14-3-5-15(6-4-14)19-18(25)20(2)10-9-16(22)23/h3-6,13H,7-12H2,1-2H3,(H,19,25)(H,22,23). The maximum absolute atomic E-state index is 12.5. The number of benzene rings is 1. The Labute approximate surface area is 147 Å². The fraction of sp³-hybridized carbons (Fsp3) is 0.500. The minimum absolute atomic E-state index is 0.0170. The summed E-state index contributed by atoms with van der Waals surface area (Å²) in [4.78, 5) is 38.2. The first-order chi connectivity index (χ1) is 11.9. The number of likely N-dealkylation sites (tertiary alicyclic amines) is 1. The number of anilines is 1. The third-order valence-electron chi connectivity index (χ3n) is 4.46. The predicted molar refractivity (Wildman–Crippen MR) is 94.6 cm³/mol. The van der Waals surface area contributed by atoms with Crippen molar-refractivity contribution in [3.63, 3.8) is 0 Å². The molecule has 1 heterocycles. The van der Waals surface area contributed by atoms with Crippen molar-refractivity contribution in [2.24, 2.45) is 5.92 Å². The van der Waals surface area contributed by atoms with Crippen LogP contribution in [0.1, 0.15) is 36.5 Å². The van der Waals surface area contributed by atoms with Gasteiger partial charge >= 0.3 is 12.0 Å². The molecular formula is C18H25N3O4. The van der Waals surface area contributed by atoms with Gasteiger partial charge in [-0.2, -0.15) is 0 Å². The molecule has 1 saturated heterocycles. The highest BCUT2D eigenvalue weighted by molar-refractivity contribution is 5.95. The molecule has 1 aromatic carbocycles. The number of nitrogens with one attached hydrogen (secondary N) is 1. The summed E-state index contributed by atoms with van der Waals surface area (Å²) in [6.45, 7) is 3.90. The van der Waals surface area contributed by atoms with Gasteiger partial charge < -0.3 is 20.2 Å². The van der Waals surface area contributed by atoms with E-state index < -0.39 is 5.97 Å². The van der Waals surface area contributed by atoms with E-state index >= 15 is 0 Å². The van der Waals surface area contributed by atoms with Gasteiger partial charge in [0.2, 0.25) is 0 Å². The van der Waals surface area contributed by atoms with Crippen LogP contribution in [0.25, 0.3) is 0 Å². The summed E-state index contributed by atoms with van der Waals surface area (Å²) in [5.74, 6) is -0.266. The maximum Gasteiger partial charge on any atom is 0.321 e. The van der Waals surface area contributed by atoms with Gasteiger partial charge in [-0.05, 0) is 43.0 Å². The summed E-state index contributed by atoms with van der Waals surface area (Å²) in [6.07, 6.45) is 1.96. The van der Waals surface area contributed by atoms with Gasteiger partial charge in [-0.1, -0.05) is 6.92 Å². The molecule has 25 heavy (non-hydrogen) atoms. The van der Waals surface area contributed by atoms with Crippen molar-refractivity contribution in [2.75, 3.05) is 32.0 Å². The van der Waals surface area contributed by atoms with Crippen molar-refractivity contribution < 1.29 is 19.5 Å². The Bertz CT molecular complexity index is 622. The number of piperidine rings is 1. The zero-order valence-electron chi connectivity index (χ0n) is 14.7. The van der Waals surface area contributed by atoms with Crippen molar-refractivity contribution in [3.8, 4) is 0 Å². The van der Waals surface area contributed by atoms with Crippen LogP contribution in [-0.2, 0) is 4.79 Å². The number of carbonyl (C=O) groups is 3. The van der Waals surface area contributed by atoms with Gasteiger partial charge in [-0.15, -0.1) is 0 Å². The molecule has 0 atom stereocenters. The number of carboxylic acid groups (broad SMARTS) is 1. The minimum Gasteiger partial charge on any atom is -0.481 e. The first-order valence-corrected chi connectivity index (χ1v) is 8.50. The average molecular weight is 347 g/mol. The smallest absolute Gasteiger partial charge is 0.321 e. The molecule has 1 aliphatic rings. The number of urea groups is 1. The highest BCUT2D eigenvalue weighted by Crippen LogP contribution is 2.19. The molecule has 2 rings (SSSR count). The molecule has 7 heteroatoms. The Hall–Kier alpha value is -2.57. The number of carboxylic acids is 1. The van der Waals surface area contributed by atoms with Gasteiger partial charge in [0.15, 0.2) is 0 Å². The van der Waals surface area contributed by atoms with E-state index in [4.69, 9.17) is 5.11 Å². The van der Waals surface area contributed by atoms with Crippen molar-refractivity contribution >= 4 is 23.6 Å². The third kappa shape index (κ3) is 5.48. The lowest BCUT2D eigenvalue weighted by Gasteiger charge is -2.30. The van der Waals surface area contributed by atoms with Crippen LogP contribution < -0.4 is 5.32 Å². The number of hydrogen-bond acceptors (Lipinski definition) is 3. The third-order valence-corrected chi connectivity index (χ3v) is 4.46. The molecule has 0 bridgehead atoms. The van der Waals surface area contributed by atoms with E-state index in [1.165, 1.54) is 11.9 Å². The fourth-order valence-corrected chi connectivity index (χ4v) is 2.67. The Morgan fingerprint density at radius 2 is 1.80 bits per heavy atom. The van der Waals surface area contributed by atoms with Crippen LogP contribution in [0.15, 0.2) is 24.3 Å². The summed E-state index contributed by atoms with van der Waals surface area (Å²) in [5.41, 5.74) is 1.17. The van der Waals surface area contributed by atoms with Crippen LogP contribution in [0, 0.1) is 5.92 Å². The van der Waals surface area contributed by atoms with E-state index in [0.717, 1.165) is 25.9 Å². The largest absolute Gasteiger partial charge is 0.481 e. The van der Waals surface area contributed by atoms with Crippen LogP contribution in [0.5, 0.6) is 0 Å². The molecule has 0 unspecified atom stereocenters.